The minimum Gasteiger partial charge on any atom is -0.383 e. The molecule has 0 N–H and O–H groups in total. The van der Waals surface area contributed by atoms with E-state index in [0.717, 1.165) is 0 Å². The number of aromatic nitrogens is 1. The second-order valence-corrected chi connectivity index (χ2v) is 6.01. The summed E-state index contributed by atoms with van der Waals surface area (Å²) < 4.78 is 36.0. The number of nitrogens with zero attached hydrogens (tertiary/aromatic N) is 2. The Kier molecular flexibility index (Phi) is 6.67. The number of hydrogen-bond donors (Lipinski definition) is 0. The van der Waals surface area contributed by atoms with Crippen LogP contribution in [0.15, 0.2) is 23.4 Å². The summed E-state index contributed by atoms with van der Waals surface area (Å²) in [6.07, 6.45) is 2.68. The highest BCUT2D eigenvalue weighted by Gasteiger charge is 2.26. The lowest BCUT2D eigenvalue weighted by Crippen LogP contribution is -2.36. The predicted octanol–water partition coefficient (Wildman–Crippen LogP) is 1.02. The molecule has 0 saturated heterocycles. The highest BCUT2D eigenvalue weighted by atomic mass is 35.5. The van der Waals surface area contributed by atoms with Crippen molar-refractivity contribution in [1.29, 1.82) is 0 Å². The lowest BCUT2D eigenvalue weighted by atomic mass is 10.5. The molecule has 0 fully saturated rings. The highest BCUT2D eigenvalue weighted by molar-refractivity contribution is 7.89. The number of hydrogen-bond acceptors (Lipinski definition) is 5. The van der Waals surface area contributed by atoms with Crippen molar-refractivity contribution in [2.24, 2.45) is 0 Å². The van der Waals surface area contributed by atoms with Gasteiger partial charge in [0.05, 0.1) is 18.2 Å². The number of rotatable bonds is 8. The zero-order chi connectivity index (χ0) is 14.3. The van der Waals surface area contributed by atoms with E-state index in [0.29, 0.717) is 13.2 Å². The van der Waals surface area contributed by atoms with Crippen LogP contribution in [0.2, 0.25) is 5.02 Å². The summed E-state index contributed by atoms with van der Waals surface area (Å²) >= 11 is 5.91. The van der Waals surface area contributed by atoms with Gasteiger partial charge in [-0.05, 0) is 6.07 Å². The zero-order valence-corrected chi connectivity index (χ0v) is 12.4. The molecule has 6 nitrogen and oxygen atoms in total. The first-order valence-electron chi connectivity index (χ1n) is 5.61. The maximum atomic E-state index is 12.5. The van der Waals surface area contributed by atoms with Gasteiger partial charge >= 0.3 is 0 Å². The molecule has 0 aliphatic heterocycles. The number of pyridine rings is 1. The third-order valence-electron chi connectivity index (χ3n) is 2.44. The Morgan fingerprint density at radius 3 is 2.32 bits per heavy atom. The van der Waals surface area contributed by atoms with Crippen LogP contribution < -0.4 is 0 Å². The first-order chi connectivity index (χ1) is 9.04. The van der Waals surface area contributed by atoms with Gasteiger partial charge in [0, 0.05) is 39.7 Å². The Morgan fingerprint density at radius 2 is 1.84 bits per heavy atom. The van der Waals surface area contributed by atoms with Crippen LogP contribution in [0.5, 0.6) is 0 Å². The summed E-state index contributed by atoms with van der Waals surface area (Å²) in [6, 6.07) is 1.44. The fraction of sp³-hybridized carbons (Fsp3) is 0.545. The smallest absolute Gasteiger partial charge is 0.246 e. The Labute approximate surface area is 118 Å². The summed E-state index contributed by atoms with van der Waals surface area (Å²) in [7, 11) is -0.673. The lowest BCUT2D eigenvalue weighted by Gasteiger charge is -2.21. The Bertz CT molecular complexity index is 487. The number of halogens is 1. The first kappa shape index (κ1) is 16.3. The molecule has 1 heterocycles. The second-order valence-electron chi connectivity index (χ2n) is 3.70. The highest BCUT2D eigenvalue weighted by Crippen LogP contribution is 2.22. The van der Waals surface area contributed by atoms with Gasteiger partial charge in [-0.3, -0.25) is 4.98 Å². The van der Waals surface area contributed by atoms with E-state index in [-0.39, 0.29) is 23.0 Å². The zero-order valence-electron chi connectivity index (χ0n) is 10.9. The monoisotopic (exact) mass is 308 g/mol. The van der Waals surface area contributed by atoms with E-state index in [4.69, 9.17) is 21.1 Å². The molecule has 19 heavy (non-hydrogen) atoms. The van der Waals surface area contributed by atoms with Crippen molar-refractivity contribution in [2.75, 3.05) is 40.5 Å². The fourth-order valence-electron chi connectivity index (χ4n) is 1.43. The quantitative estimate of drug-likeness (QED) is 0.717. The average Bonchev–Trinajstić information content (AvgIpc) is 2.39. The molecule has 0 atom stereocenters. The summed E-state index contributed by atoms with van der Waals surface area (Å²) in [6.45, 7) is 1.04. The summed E-state index contributed by atoms with van der Waals surface area (Å²) in [5.41, 5.74) is 0. The molecule has 0 amide bonds. The average molecular weight is 309 g/mol. The number of sulfonamides is 1. The van der Waals surface area contributed by atoms with Crippen LogP contribution in [-0.2, 0) is 19.5 Å². The molecule has 8 heteroatoms. The van der Waals surface area contributed by atoms with Crippen molar-refractivity contribution in [3.63, 3.8) is 0 Å². The first-order valence-corrected chi connectivity index (χ1v) is 7.43. The van der Waals surface area contributed by atoms with Crippen molar-refractivity contribution < 1.29 is 17.9 Å². The lowest BCUT2D eigenvalue weighted by molar-refractivity contribution is 0.150. The minimum atomic E-state index is -3.70. The van der Waals surface area contributed by atoms with Gasteiger partial charge in [0.1, 0.15) is 4.90 Å². The van der Waals surface area contributed by atoms with Gasteiger partial charge in [-0.1, -0.05) is 11.6 Å². The van der Waals surface area contributed by atoms with Crippen LogP contribution in [0.3, 0.4) is 0 Å². The van der Waals surface area contributed by atoms with Crippen LogP contribution >= 0.6 is 11.6 Å². The minimum absolute atomic E-state index is 0.0103. The molecular formula is C11H17ClN2O4S. The summed E-state index contributed by atoms with van der Waals surface area (Å²) in [5.74, 6) is 0. The SMILES string of the molecule is COCCN(CCOC)S(=O)(=O)c1cnccc1Cl. The van der Waals surface area contributed by atoms with E-state index in [1.165, 1.54) is 37.0 Å². The van der Waals surface area contributed by atoms with Crippen molar-refractivity contribution in [3.05, 3.63) is 23.5 Å². The maximum absolute atomic E-state index is 12.5. The van der Waals surface area contributed by atoms with Crippen molar-refractivity contribution in [2.45, 2.75) is 4.90 Å². The topological polar surface area (TPSA) is 68.7 Å². The van der Waals surface area contributed by atoms with Gasteiger partial charge in [0.15, 0.2) is 0 Å². The molecule has 108 valence electrons. The summed E-state index contributed by atoms with van der Waals surface area (Å²) in [5, 5.41) is 0.148. The fourth-order valence-corrected chi connectivity index (χ4v) is 3.24. The van der Waals surface area contributed by atoms with Gasteiger partial charge in [0.25, 0.3) is 0 Å². The molecule has 0 aliphatic rings. The van der Waals surface area contributed by atoms with Gasteiger partial charge in [0.2, 0.25) is 10.0 Å². The van der Waals surface area contributed by atoms with E-state index >= 15 is 0 Å². The molecular weight excluding hydrogens is 292 g/mol. The predicted molar refractivity (Wildman–Crippen MR) is 71.8 cm³/mol. The Morgan fingerprint density at radius 1 is 1.26 bits per heavy atom. The van der Waals surface area contributed by atoms with Crippen LogP contribution in [0, 0.1) is 0 Å². The van der Waals surface area contributed by atoms with Gasteiger partial charge in [-0.25, -0.2) is 8.42 Å². The van der Waals surface area contributed by atoms with Gasteiger partial charge in [-0.15, -0.1) is 0 Å². The van der Waals surface area contributed by atoms with Crippen LogP contribution in [0.4, 0.5) is 0 Å². The molecule has 0 aliphatic carbocycles. The van der Waals surface area contributed by atoms with E-state index in [1.807, 2.05) is 0 Å². The number of ether oxygens (including phenoxy) is 2. The molecule has 1 aromatic rings. The third kappa shape index (κ3) is 4.39. The van der Waals surface area contributed by atoms with Crippen LogP contribution in [0.25, 0.3) is 0 Å². The molecule has 1 aromatic heterocycles. The largest absolute Gasteiger partial charge is 0.383 e. The molecule has 0 saturated carbocycles. The van der Waals surface area contributed by atoms with E-state index in [9.17, 15) is 8.42 Å². The van der Waals surface area contributed by atoms with E-state index < -0.39 is 10.0 Å². The normalized spacial score (nSPS) is 12.0. The molecule has 0 aromatic carbocycles. The van der Waals surface area contributed by atoms with E-state index in [1.54, 1.807) is 0 Å². The van der Waals surface area contributed by atoms with E-state index in [2.05, 4.69) is 4.98 Å². The standard InChI is InChI=1S/C11H17ClN2O4S/c1-17-7-5-14(6-8-18-2)19(15,16)11-9-13-4-3-10(11)12/h3-4,9H,5-8H2,1-2H3. The molecule has 0 unspecified atom stereocenters. The second kappa shape index (κ2) is 7.76. The van der Waals surface area contributed by atoms with Crippen molar-refractivity contribution >= 4 is 21.6 Å². The Balaban J connectivity index is 3.01. The van der Waals surface area contributed by atoms with Crippen molar-refractivity contribution in [3.8, 4) is 0 Å². The van der Waals surface area contributed by atoms with Crippen LogP contribution in [-0.4, -0.2) is 58.2 Å². The third-order valence-corrected chi connectivity index (χ3v) is 4.81. The molecule has 0 spiro atoms. The van der Waals surface area contributed by atoms with Gasteiger partial charge in [-0.2, -0.15) is 4.31 Å². The van der Waals surface area contributed by atoms with Gasteiger partial charge < -0.3 is 9.47 Å². The molecule has 0 bridgehead atoms. The molecule has 1 rings (SSSR count). The Hall–Kier alpha value is -0.730. The summed E-state index contributed by atoms with van der Waals surface area (Å²) in [4.78, 5) is 3.79. The van der Waals surface area contributed by atoms with Crippen LogP contribution in [0.1, 0.15) is 0 Å². The maximum Gasteiger partial charge on any atom is 0.246 e. The van der Waals surface area contributed by atoms with Crippen molar-refractivity contribution in [1.82, 2.24) is 9.29 Å². The molecule has 0 radical (unpaired) electrons. The number of methoxy groups -OCH3 is 2.